The second-order valence-electron chi connectivity index (χ2n) is 4.88. The van der Waals surface area contributed by atoms with Crippen molar-refractivity contribution in [1.29, 1.82) is 0 Å². The first-order chi connectivity index (χ1) is 8.29. The monoisotopic (exact) mass is 294 g/mol. The van der Waals surface area contributed by atoms with Crippen LogP contribution in [0, 0.1) is 0 Å². The Morgan fingerprint density at radius 2 is 2.22 bits per heavy atom. The van der Waals surface area contributed by atoms with Gasteiger partial charge in [0.15, 0.2) is 0 Å². The lowest BCUT2D eigenvalue weighted by Gasteiger charge is -2.28. The molecule has 0 aliphatic carbocycles. The van der Waals surface area contributed by atoms with Gasteiger partial charge in [0, 0.05) is 49.9 Å². The van der Waals surface area contributed by atoms with E-state index in [1.54, 1.807) is 18.9 Å². The van der Waals surface area contributed by atoms with Gasteiger partial charge >= 0.3 is 0 Å². The number of nitrogens with zero attached hydrogens (tertiary/aromatic N) is 1. The Morgan fingerprint density at radius 3 is 2.72 bits per heavy atom. The van der Waals surface area contributed by atoms with Gasteiger partial charge in [-0.15, -0.1) is 0 Å². The second-order valence-corrected chi connectivity index (χ2v) is 8.21. The molecule has 0 saturated carbocycles. The molecule has 5 nitrogen and oxygen atoms in total. The third kappa shape index (κ3) is 5.58. The zero-order valence-corrected chi connectivity index (χ0v) is 12.8. The van der Waals surface area contributed by atoms with E-state index in [4.69, 9.17) is 0 Å². The molecule has 1 rings (SSSR count). The van der Waals surface area contributed by atoms with Gasteiger partial charge in [0.05, 0.1) is 5.75 Å². The Labute approximate surface area is 114 Å². The van der Waals surface area contributed by atoms with Crippen LogP contribution >= 0.6 is 11.8 Å². The summed E-state index contributed by atoms with van der Waals surface area (Å²) in [4.78, 5) is 13.6. The van der Waals surface area contributed by atoms with Gasteiger partial charge < -0.3 is 10.2 Å². The molecule has 1 aliphatic rings. The standard InChI is InChI=1S/C11H22N2O3S2/c1-9(8-18(3,15)16)13(2)11(14)6-10-7-17-5-4-12-10/h9-10,12H,4-8H2,1-3H3. The fourth-order valence-electron chi connectivity index (χ4n) is 1.90. The molecule has 1 amide bonds. The summed E-state index contributed by atoms with van der Waals surface area (Å²) in [6.45, 7) is 2.70. The van der Waals surface area contributed by atoms with Crippen molar-refractivity contribution >= 4 is 27.5 Å². The lowest BCUT2D eigenvalue weighted by molar-refractivity contribution is -0.131. The van der Waals surface area contributed by atoms with Gasteiger partial charge in [-0.25, -0.2) is 8.42 Å². The van der Waals surface area contributed by atoms with Gasteiger partial charge in [0.25, 0.3) is 0 Å². The summed E-state index contributed by atoms with van der Waals surface area (Å²) in [7, 11) is -1.37. The first-order valence-electron chi connectivity index (χ1n) is 6.04. The summed E-state index contributed by atoms with van der Waals surface area (Å²) in [5.41, 5.74) is 0. The van der Waals surface area contributed by atoms with Crippen LogP contribution in [-0.4, -0.2) is 68.4 Å². The van der Waals surface area contributed by atoms with E-state index in [0.717, 1.165) is 18.1 Å². The Morgan fingerprint density at radius 1 is 1.56 bits per heavy atom. The maximum absolute atomic E-state index is 12.0. The van der Waals surface area contributed by atoms with Gasteiger partial charge in [0.1, 0.15) is 9.84 Å². The summed E-state index contributed by atoms with van der Waals surface area (Å²) >= 11 is 1.85. The molecule has 0 aromatic carbocycles. The molecule has 2 atom stereocenters. The van der Waals surface area contributed by atoms with E-state index in [1.165, 1.54) is 6.26 Å². The Bertz CT molecular complexity index is 378. The van der Waals surface area contributed by atoms with Crippen LogP contribution in [0.1, 0.15) is 13.3 Å². The number of hydrogen-bond acceptors (Lipinski definition) is 5. The summed E-state index contributed by atoms with van der Waals surface area (Å²) in [5, 5.41) is 3.31. The number of hydrogen-bond donors (Lipinski definition) is 1. The van der Waals surface area contributed by atoms with E-state index >= 15 is 0 Å². The van der Waals surface area contributed by atoms with E-state index in [9.17, 15) is 13.2 Å². The normalized spacial score (nSPS) is 22.5. The van der Waals surface area contributed by atoms with Crippen molar-refractivity contribution in [2.45, 2.75) is 25.4 Å². The maximum atomic E-state index is 12.0. The second kappa shape index (κ2) is 6.77. The van der Waals surface area contributed by atoms with Crippen LogP contribution < -0.4 is 5.32 Å². The van der Waals surface area contributed by atoms with Crippen LogP contribution in [0.25, 0.3) is 0 Å². The van der Waals surface area contributed by atoms with Crippen molar-refractivity contribution in [3.05, 3.63) is 0 Å². The van der Waals surface area contributed by atoms with Crippen LogP contribution in [0.5, 0.6) is 0 Å². The number of thioether (sulfide) groups is 1. The van der Waals surface area contributed by atoms with Crippen molar-refractivity contribution < 1.29 is 13.2 Å². The Kier molecular flexibility index (Phi) is 5.94. The Hall–Kier alpha value is -0.270. The highest BCUT2D eigenvalue weighted by atomic mass is 32.2. The van der Waals surface area contributed by atoms with E-state index in [1.807, 2.05) is 11.8 Å². The van der Waals surface area contributed by atoms with Crippen molar-refractivity contribution in [1.82, 2.24) is 10.2 Å². The predicted octanol–water partition coefficient (Wildman–Crippen LogP) is -0.0270. The van der Waals surface area contributed by atoms with Crippen LogP contribution in [0.4, 0.5) is 0 Å². The van der Waals surface area contributed by atoms with Gasteiger partial charge in [-0.3, -0.25) is 4.79 Å². The molecule has 0 aromatic rings. The number of carbonyl (C=O) groups is 1. The lowest BCUT2D eigenvalue weighted by atomic mass is 10.2. The average Bonchev–Trinajstić information content (AvgIpc) is 2.27. The van der Waals surface area contributed by atoms with E-state index in [-0.39, 0.29) is 23.7 Å². The van der Waals surface area contributed by atoms with Crippen molar-refractivity contribution in [2.24, 2.45) is 0 Å². The number of sulfone groups is 1. The highest BCUT2D eigenvalue weighted by molar-refractivity contribution is 7.99. The molecule has 1 saturated heterocycles. The summed E-state index contributed by atoms with van der Waals surface area (Å²) < 4.78 is 22.4. The zero-order valence-electron chi connectivity index (χ0n) is 11.2. The molecule has 1 aliphatic heterocycles. The first-order valence-corrected chi connectivity index (χ1v) is 9.25. The fraction of sp³-hybridized carbons (Fsp3) is 0.909. The molecule has 1 heterocycles. The molecule has 18 heavy (non-hydrogen) atoms. The van der Waals surface area contributed by atoms with Gasteiger partial charge in [0.2, 0.25) is 5.91 Å². The van der Waals surface area contributed by atoms with Crippen LogP contribution in [0.3, 0.4) is 0 Å². The molecule has 7 heteroatoms. The summed E-state index contributed by atoms with van der Waals surface area (Å²) in [6.07, 6.45) is 1.64. The van der Waals surface area contributed by atoms with Gasteiger partial charge in [-0.1, -0.05) is 0 Å². The smallest absolute Gasteiger partial charge is 0.224 e. The van der Waals surface area contributed by atoms with Gasteiger partial charge in [-0.2, -0.15) is 11.8 Å². The fourth-order valence-corrected chi connectivity index (χ4v) is 3.95. The molecule has 0 spiro atoms. The van der Waals surface area contributed by atoms with Crippen molar-refractivity contribution in [2.75, 3.05) is 37.1 Å². The summed E-state index contributed by atoms with van der Waals surface area (Å²) in [6, 6.07) is -0.0622. The quantitative estimate of drug-likeness (QED) is 0.771. The highest BCUT2D eigenvalue weighted by Crippen LogP contribution is 2.12. The third-order valence-electron chi connectivity index (χ3n) is 3.02. The number of rotatable bonds is 5. The Balaban J connectivity index is 2.44. The molecule has 2 unspecified atom stereocenters. The largest absolute Gasteiger partial charge is 0.342 e. The van der Waals surface area contributed by atoms with Gasteiger partial charge in [-0.05, 0) is 6.92 Å². The summed E-state index contributed by atoms with van der Waals surface area (Å²) in [5.74, 6) is 2.05. The maximum Gasteiger partial charge on any atom is 0.224 e. The third-order valence-corrected chi connectivity index (χ3v) is 5.24. The minimum absolute atomic E-state index is 0.00569. The van der Waals surface area contributed by atoms with E-state index in [2.05, 4.69) is 5.32 Å². The molecular formula is C11H22N2O3S2. The SMILES string of the molecule is CC(CS(C)(=O)=O)N(C)C(=O)CC1CSCCN1. The van der Waals surface area contributed by atoms with Crippen LogP contribution in [0.15, 0.2) is 0 Å². The predicted molar refractivity (Wildman–Crippen MR) is 75.7 cm³/mol. The molecule has 0 radical (unpaired) electrons. The minimum Gasteiger partial charge on any atom is -0.342 e. The first kappa shape index (κ1) is 15.8. The number of amides is 1. The lowest BCUT2D eigenvalue weighted by Crippen LogP contribution is -2.45. The van der Waals surface area contributed by atoms with E-state index < -0.39 is 9.84 Å². The number of carbonyl (C=O) groups excluding carboxylic acids is 1. The molecular weight excluding hydrogens is 272 g/mol. The van der Waals surface area contributed by atoms with Crippen LogP contribution in [-0.2, 0) is 14.6 Å². The molecule has 0 bridgehead atoms. The zero-order chi connectivity index (χ0) is 13.8. The molecule has 1 N–H and O–H groups in total. The van der Waals surface area contributed by atoms with Crippen LogP contribution in [0.2, 0.25) is 0 Å². The highest BCUT2D eigenvalue weighted by Gasteiger charge is 2.23. The molecule has 106 valence electrons. The topological polar surface area (TPSA) is 66.5 Å². The van der Waals surface area contributed by atoms with E-state index in [0.29, 0.717) is 6.42 Å². The molecule has 1 fully saturated rings. The molecule has 0 aromatic heterocycles. The number of nitrogens with one attached hydrogen (secondary N) is 1. The van der Waals surface area contributed by atoms with Crippen molar-refractivity contribution in [3.63, 3.8) is 0 Å². The average molecular weight is 294 g/mol. The minimum atomic E-state index is -3.05. The van der Waals surface area contributed by atoms with Crippen molar-refractivity contribution in [3.8, 4) is 0 Å².